The van der Waals surface area contributed by atoms with Gasteiger partial charge in [0.15, 0.2) is 0 Å². The summed E-state index contributed by atoms with van der Waals surface area (Å²) in [5, 5.41) is 5.84. The SMILES string of the molecule is NCC1CCC(C(=O)Nc2ncnc3sccc23)CC1. The predicted octanol–water partition coefficient (Wildman–Crippen LogP) is 2.39. The van der Waals surface area contributed by atoms with Crippen LogP contribution in [-0.4, -0.2) is 22.4 Å². The highest BCUT2D eigenvalue weighted by Gasteiger charge is 2.26. The van der Waals surface area contributed by atoms with Gasteiger partial charge in [0.2, 0.25) is 5.91 Å². The molecule has 1 aliphatic rings. The Kier molecular flexibility index (Phi) is 3.93. The highest BCUT2D eigenvalue weighted by molar-refractivity contribution is 7.16. The van der Waals surface area contributed by atoms with Crippen molar-refractivity contribution in [2.75, 3.05) is 11.9 Å². The average Bonchev–Trinajstić information content (AvgIpc) is 2.97. The van der Waals surface area contributed by atoms with Crippen LogP contribution in [-0.2, 0) is 4.79 Å². The Hall–Kier alpha value is -1.53. The van der Waals surface area contributed by atoms with Gasteiger partial charge in [-0.15, -0.1) is 11.3 Å². The number of amides is 1. The first-order valence-electron chi connectivity index (χ1n) is 6.97. The number of carbonyl (C=O) groups excluding carboxylic acids is 1. The van der Waals surface area contributed by atoms with Gasteiger partial charge in [-0.2, -0.15) is 0 Å². The molecule has 0 saturated heterocycles. The summed E-state index contributed by atoms with van der Waals surface area (Å²) in [5.74, 6) is 1.37. The lowest BCUT2D eigenvalue weighted by Crippen LogP contribution is -2.29. The van der Waals surface area contributed by atoms with Crippen LogP contribution in [0.15, 0.2) is 17.8 Å². The third-order valence-electron chi connectivity index (χ3n) is 4.05. The van der Waals surface area contributed by atoms with Crippen LogP contribution in [0.3, 0.4) is 0 Å². The van der Waals surface area contributed by atoms with E-state index in [9.17, 15) is 4.79 Å². The van der Waals surface area contributed by atoms with E-state index in [4.69, 9.17) is 5.73 Å². The van der Waals surface area contributed by atoms with Crippen molar-refractivity contribution in [2.45, 2.75) is 25.7 Å². The molecular weight excluding hydrogens is 272 g/mol. The summed E-state index contributed by atoms with van der Waals surface area (Å²) in [4.78, 5) is 21.6. The van der Waals surface area contributed by atoms with Gasteiger partial charge in [0, 0.05) is 5.92 Å². The Bertz CT molecular complexity index is 604. The first-order valence-corrected chi connectivity index (χ1v) is 7.85. The van der Waals surface area contributed by atoms with Crippen LogP contribution in [0.25, 0.3) is 10.2 Å². The number of anilines is 1. The van der Waals surface area contributed by atoms with Crippen LogP contribution in [0.4, 0.5) is 5.82 Å². The number of nitrogens with zero attached hydrogens (tertiary/aromatic N) is 2. The number of nitrogens with one attached hydrogen (secondary N) is 1. The molecule has 1 amide bonds. The van der Waals surface area contributed by atoms with Crippen molar-refractivity contribution in [2.24, 2.45) is 17.6 Å². The van der Waals surface area contributed by atoms with Crippen molar-refractivity contribution in [1.82, 2.24) is 9.97 Å². The molecule has 0 radical (unpaired) electrons. The minimum atomic E-state index is 0.0756. The standard InChI is InChI=1S/C14H18N4OS/c15-7-9-1-3-10(4-2-9)13(19)18-12-11-5-6-20-14(11)17-8-16-12/h5-6,8-10H,1-4,7,15H2,(H,16,17,18,19). The summed E-state index contributed by atoms with van der Waals surface area (Å²) >= 11 is 1.55. The Morgan fingerprint density at radius 2 is 2.15 bits per heavy atom. The topological polar surface area (TPSA) is 80.9 Å². The van der Waals surface area contributed by atoms with Gasteiger partial charge in [-0.1, -0.05) is 0 Å². The molecule has 0 aromatic carbocycles. The summed E-state index contributed by atoms with van der Waals surface area (Å²) < 4.78 is 0. The Balaban J connectivity index is 1.69. The number of aromatic nitrogens is 2. The number of hydrogen-bond acceptors (Lipinski definition) is 5. The zero-order chi connectivity index (χ0) is 13.9. The average molecular weight is 290 g/mol. The summed E-state index contributed by atoms with van der Waals surface area (Å²) in [6.07, 6.45) is 5.44. The molecule has 5 nitrogen and oxygen atoms in total. The van der Waals surface area contributed by atoms with E-state index in [1.807, 2.05) is 11.4 Å². The van der Waals surface area contributed by atoms with Crippen LogP contribution in [0.2, 0.25) is 0 Å². The zero-order valence-corrected chi connectivity index (χ0v) is 12.0. The van der Waals surface area contributed by atoms with Crippen LogP contribution in [0, 0.1) is 11.8 Å². The molecule has 0 unspecified atom stereocenters. The Morgan fingerprint density at radius 1 is 1.35 bits per heavy atom. The normalized spacial score (nSPS) is 22.9. The van der Waals surface area contributed by atoms with Crippen molar-refractivity contribution >= 4 is 33.3 Å². The molecular formula is C14H18N4OS. The number of rotatable bonds is 3. The number of hydrogen-bond donors (Lipinski definition) is 2. The van der Waals surface area contributed by atoms with E-state index in [-0.39, 0.29) is 11.8 Å². The summed E-state index contributed by atoms with van der Waals surface area (Å²) in [7, 11) is 0. The second-order valence-corrected chi connectivity index (χ2v) is 6.20. The van der Waals surface area contributed by atoms with Gasteiger partial charge >= 0.3 is 0 Å². The van der Waals surface area contributed by atoms with E-state index in [1.165, 1.54) is 6.33 Å². The maximum absolute atomic E-state index is 12.3. The van der Waals surface area contributed by atoms with E-state index in [0.717, 1.165) is 42.4 Å². The van der Waals surface area contributed by atoms with Gasteiger partial charge in [0.1, 0.15) is 17.0 Å². The van der Waals surface area contributed by atoms with Gasteiger partial charge in [0.05, 0.1) is 5.39 Å². The largest absolute Gasteiger partial charge is 0.330 e. The molecule has 3 N–H and O–H groups in total. The molecule has 6 heteroatoms. The first kappa shape index (κ1) is 13.5. The lowest BCUT2D eigenvalue weighted by molar-refractivity contribution is -0.121. The minimum Gasteiger partial charge on any atom is -0.330 e. The fourth-order valence-corrected chi connectivity index (χ4v) is 3.50. The van der Waals surface area contributed by atoms with E-state index in [0.29, 0.717) is 11.7 Å². The number of fused-ring (bicyclic) bond motifs is 1. The molecule has 20 heavy (non-hydrogen) atoms. The van der Waals surface area contributed by atoms with Gasteiger partial charge in [-0.3, -0.25) is 4.79 Å². The maximum atomic E-state index is 12.3. The fourth-order valence-electron chi connectivity index (χ4n) is 2.77. The number of nitrogens with two attached hydrogens (primary N) is 1. The van der Waals surface area contributed by atoms with E-state index in [2.05, 4.69) is 15.3 Å². The Labute approximate surface area is 121 Å². The summed E-state index contributed by atoms with van der Waals surface area (Å²) in [5.41, 5.74) is 5.68. The van der Waals surface area contributed by atoms with Gasteiger partial charge in [-0.05, 0) is 49.6 Å². The highest BCUT2D eigenvalue weighted by atomic mass is 32.1. The quantitative estimate of drug-likeness (QED) is 0.909. The van der Waals surface area contributed by atoms with Crippen LogP contribution < -0.4 is 11.1 Å². The molecule has 2 aromatic heterocycles. The minimum absolute atomic E-state index is 0.0756. The van der Waals surface area contributed by atoms with Gasteiger partial charge < -0.3 is 11.1 Å². The third kappa shape index (κ3) is 2.66. The molecule has 1 saturated carbocycles. The van der Waals surface area contributed by atoms with E-state index in [1.54, 1.807) is 11.3 Å². The molecule has 0 atom stereocenters. The Morgan fingerprint density at radius 3 is 2.90 bits per heavy atom. The second kappa shape index (κ2) is 5.85. The molecule has 0 bridgehead atoms. The van der Waals surface area contributed by atoms with Crippen LogP contribution in [0.1, 0.15) is 25.7 Å². The van der Waals surface area contributed by atoms with Crippen molar-refractivity contribution in [3.8, 4) is 0 Å². The van der Waals surface area contributed by atoms with E-state index >= 15 is 0 Å². The third-order valence-corrected chi connectivity index (χ3v) is 4.87. The lowest BCUT2D eigenvalue weighted by Gasteiger charge is -2.26. The molecule has 106 valence electrons. The van der Waals surface area contributed by atoms with Gasteiger partial charge in [-0.25, -0.2) is 9.97 Å². The predicted molar refractivity (Wildman–Crippen MR) is 80.5 cm³/mol. The zero-order valence-electron chi connectivity index (χ0n) is 11.2. The van der Waals surface area contributed by atoms with Crippen molar-refractivity contribution in [3.63, 3.8) is 0 Å². The molecule has 0 aliphatic heterocycles. The van der Waals surface area contributed by atoms with Crippen molar-refractivity contribution in [1.29, 1.82) is 0 Å². The molecule has 3 rings (SSSR count). The lowest BCUT2D eigenvalue weighted by atomic mass is 9.81. The van der Waals surface area contributed by atoms with E-state index < -0.39 is 0 Å². The van der Waals surface area contributed by atoms with Crippen LogP contribution in [0.5, 0.6) is 0 Å². The molecule has 0 spiro atoms. The molecule has 1 fully saturated rings. The molecule has 2 heterocycles. The second-order valence-electron chi connectivity index (χ2n) is 5.30. The van der Waals surface area contributed by atoms with Crippen molar-refractivity contribution < 1.29 is 4.79 Å². The first-order chi connectivity index (χ1) is 9.78. The number of carbonyl (C=O) groups is 1. The van der Waals surface area contributed by atoms with Gasteiger partial charge in [0.25, 0.3) is 0 Å². The molecule has 1 aliphatic carbocycles. The van der Waals surface area contributed by atoms with Crippen LogP contribution >= 0.6 is 11.3 Å². The maximum Gasteiger partial charge on any atom is 0.228 e. The monoisotopic (exact) mass is 290 g/mol. The smallest absolute Gasteiger partial charge is 0.228 e. The molecule has 2 aromatic rings. The summed E-state index contributed by atoms with van der Waals surface area (Å²) in [6, 6.07) is 1.95. The summed E-state index contributed by atoms with van der Waals surface area (Å²) in [6.45, 7) is 0.732. The fraction of sp³-hybridized carbons (Fsp3) is 0.500. The van der Waals surface area contributed by atoms with Crippen molar-refractivity contribution in [3.05, 3.63) is 17.8 Å². The highest BCUT2D eigenvalue weighted by Crippen LogP contribution is 2.30. The number of thiophene rings is 1.